The van der Waals surface area contributed by atoms with Crippen LogP contribution in [0.5, 0.6) is 0 Å². The molecule has 0 spiro atoms. The van der Waals surface area contributed by atoms with Gasteiger partial charge in [-0.1, -0.05) is 38.7 Å². The van der Waals surface area contributed by atoms with Gasteiger partial charge in [0, 0.05) is 13.1 Å². The van der Waals surface area contributed by atoms with E-state index in [9.17, 15) is 0 Å². The van der Waals surface area contributed by atoms with E-state index in [1.54, 1.807) is 13.2 Å². The Balaban J connectivity index is 4.93. The maximum atomic E-state index is 5.31. The third-order valence-corrected chi connectivity index (χ3v) is 3.35. The molecule has 0 rings (SSSR count). The zero-order valence-electron chi connectivity index (χ0n) is 14.6. The molecule has 0 heterocycles. The molecule has 0 aromatic heterocycles. The van der Waals surface area contributed by atoms with Gasteiger partial charge in [0.15, 0.2) is 0 Å². The lowest BCUT2D eigenvalue weighted by molar-refractivity contribution is 0.285. The Bertz CT molecular complexity index is 408. The van der Waals surface area contributed by atoms with Crippen molar-refractivity contribution in [2.75, 3.05) is 20.2 Å². The summed E-state index contributed by atoms with van der Waals surface area (Å²) in [6, 6.07) is 0. The third kappa shape index (κ3) is 8.50. The zero-order valence-corrected chi connectivity index (χ0v) is 14.6. The van der Waals surface area contributed by atoms with Crippen molar-refractivity contribution in [3.05, 3.63) is 49.4 Å². The molecule has 0 aromatic rings. The quantitative estimate of drug-likeness (QED) is 0.217. The number of amidine groups is 1. The van der Waals surface area contributed by atoms with Crippen LogP contribution in [0.2, 0.25) is 0 Å². The van der Waals surface area contributed by atoms with Crippen molar-refractivity contribution in [1.82, 2.24) is 4.90 Å². The molecule has 0 fully saturated rings. The van der Waals surface area contributed by atoms with Crippen molar-refractivity contribution in [1.29, 1.82) is 0 Å². The molecule has 0 aliphatic heterocycles. The van der Waals surface area contributed by atoms with Gasteiger partial charge in [-0.3, -0.25) is 0 Å². The van der Waals surface area contributed by atoms with Crippen LogP contribution in [0.3, 0.4) is 0 Å². The predicted octanol–water partition coefficient (Wildman–Crippen LogP) is 5.09. The van der Waals surface area contributed by atoms with E-state index in [0.717, 1.165) is 51.0 Å². The first-order chi connectivity index (χ1) is 10.6. The number of hydrogen-bond donors (Lipinski definition) is 0. The van der Waals surface area contributed by atoms with Crippen LogP contribution in [0.1, 0.15) is 46.0 Å². The van der Waals surface area contributed by atoms with Crippen molar-refractivity contribution < 1.29 is 4.74 Å². The number of allylic oxidation sites excluding steroid dienone is 3. The molecule has 0 aromatic carbocycles. The van der Waals surface area contributed by atoms with E-state index in [4.69, 9.17) is 4.74 Å². The second kappa shape index (κ2) is 12.9. The van der Waals surface area contributed by atoms with Crippen LogP contribution >= 0.6 is 0 Å². The Kier molecular flexibility index (Phi) is 11.9. The molecule has 0 radical (unpaired) electrons. The fourth-order valence-electron chi connectivity index (χ4n) is 2.02. The molecule has 0 saturated carbocycles. The van der Waals surface area contributed by atoms with E-state index < -0.39 is 0 Å². The summed E-state index contributed by atoms with van der Waals surface area (Å²) in [4.78, 5) is 6.84. The molecule has 0 bridgehead atoms. The first-order valence-corrected chi connectivity index (χ1v) is 8.10. The summed E-state index contributed by atoms with van der Waals surface area (Å²) in [5.41, 5.74) is 1.30. The molecule has 0 N–H and O–H groups in total. The number of aliphatic imine (C=N–C) groups is 1. The monoisotopic (exact) mass is 304 g/mol. The molecule has 0 amide bonds. The van der Waals surface area contributed by atoms with E-state index in [1.165, 1.54) is 5.57 Å². The zero-order chi connectivity index (χ0) is 16.8. The minimum atomic E-state index is 0.605. The van der Waals surface area contributed by atoms with Gasteiger partial charge in [-0.25, -0.2) is 0 Å². The molecule has 0 atom stereocenters. The largest absolute Gasteiger partial charge is 0.481 e. The summed E-state index contributed by atoms with van der Waals surface area (Å²) in [5.74, 6) is 1.47. The van der Waals surface area contributed by atoms with Gasteiger partial charge in [-0.2, -0.15) is 4.99 Å². The Labute approximate surface area is 136 Å². The van der Waals surface area contributed by atoms with Crippen molar-refractivity contribution in [2.24, 2.45) is 4.99 Å². The van der Waals surface area contributed by atoms with E-state index in [1.807, 2.05) is 12.2 Å². The maximum absolute atomic E-state index is 5.31. The molecular weight excluding hydrogens is 272 g/mol. The number of rotatable bonds is 12. The molecular formula is C19H32N2O. The molecule has 0 saturated heterocycles. The number of nitrogens with zero attached hydrogens (tertiary/aromatic N) is 2. The minimum Gasteiger partial charge on any atom is -0.481 e. The Morgan fingerprint density at radius 2 is 1.95 bits per heavy atom. The van der Waals surface area contributed by atoms with Gasteiger partial charge in [0.1, 0.15) is 5.84 Å². The molecule has 124 valence electrons. The lowest BCUT2D eigenvalue weighted by Gasteiger charge is -2.24. The fraction of sp³-hybridized carbons (Fsp3) is 0.526. The van der Waals surface area contributed by atoms with Crippen molar-refractivity contribution >= 4 is 5.84 Å². The van der Waals surface area contributed by atoms with Crippen LogP contribution in [-0.4, -0.2) is 30.9 Å². The minimum absolute atomic E-state index is 0.605. The summed E-state index contributed by atoms with van der Waals surface area (Å²) in [5, 5.41) is 0. The van der Waals surface area contributed by atoms with E-state index >= 15 is 0 Å². The normalized spacial score (nSPS) is 12.0. The lowest BCUT2D eigenvalue weighted by Crippen LogP contribution is -2.31. The van der Waals surface area contributed by atoms with Gasteiger partial charge in [-0.15, -0.1) is 6.58 Å². The standard InChI is InChI=1S/C19H32N2O/c1-7-11-14-19(22-6)20-18(10-4)21(15-8-2)16-12-13-17(5)9-3/h7,10,14H,1,4-5,8-9,11-13,15-16H2,2-3,6H3/b19-14+,20-18+. The highest BCUT2D eigenvalue weighted by Crippen LogP contribution is 2.10. The van der Waals surface area contributed by atoms with E-state index in [2.05, 4.69) is 43.5 Å². The van der Waals surface area contributed by atoms with E-state index in [0.29, 0.717) is 5.88 Å². The van der Waals surface area contributed by atoms with Crippen LogP contribution in [0.4, 0.5) is 0 Å². The number of ether oxygens (including phenoxy) is 1. The first kappa shape index (κ1) is 20.2. The van der Waals surface area contributed by atoms with Gasteiger partial charge in [0.05, 0.1) is 7.11 Å². The van der Waals surface area contributed by atoms with Crippen LogP contribution < -0.4 is 0 Å². The van der Waals surface area contributed by atoms with Crippen molar-refractivity contribution in [3.8, 4) is 0 Å². The lowest BCUT2D eigenvalue weighted by atomic mass is 10.1. The number of hydrogen-bond acceptors (Lipinski definition) is 2. The highest BCUT2D eigenvalue weighted by Gasteiger charge is 2.08. The Morgan fingerprint density at radius 3 is 2.45 bits per heavy atom. The maximum Gasteiger partial charge on any atom is 0.211 e. The average Bonchev–Trinajstić information content (AvgIpc) is 2.54. The average molecular weight is 304 g/mol. The third-order valence-electron chi connectivity index (χ3n) is 3.35. The first-order valence-electron chi connectivity index (χ1n) is 8.10. The van der Waals surface area contributed by atoms with Crippen molar-refractivity contribution in [3.63, 3.8) is 0 Å². The highest BCUT2D eigenvalue weighted by molar-refractivity contribution is 5.93. The van der Waals surface area contributed by atoms with Crippen LogP contribution in [-0.2, 0) is 4.74 Å². The molecule has 0 unspecified atom stereocenters. The smallest absolute Gasteiger partial charge is 0.211 e. The topological polar surface area (TPSA) is 24.8 Å². The van der Waals surface area contributed by atoms with Crippen LogP contribution in [0, 0.1) is 0 Å². The SMILES string of the molecule is C=CC/C=C(\N=C(/C=C)N(CCC)CCCC(=C)CC)OC. The van der Waals surface area contributed by atoms with E-state index in [-0.39, 0.29) is 0 Å². The van der Waals surface area contributed by atoms with Crippen molar-refractivity contribution in [2.45, 2.75) is 46.0 Å². The molecule has 0 aliphatic carbocycles. The summed E-state index contributed by atoms with van der Waals surface area (Å²) in [7, 11) is 1.63. The highest BCUT2D eigenvalue weighted by atomic mass is 16.5. The summed E-state index contributed by atoms with van der Waals surface area (Å²) in [6.07, 6.45) is 10.5. The van der Waals surface area contributed by atoms with Gasteiger partial charge >= 0.3 is 0 Å². The summed E-state index contributed by atoms with van der Waals surface area (Å²) >= 11 is 0. The second-order valence-electron chi connectivity index (χ2n) is 5.14. The Hall–Kier alpha value is -1.77. The Morgan fingerprint density at radius 1 is 1.23 bits per heavy atom. The van der Waals surface area contributed by atoms with Crippen LogP contribution in [0.15, 0.2) is 54.4 Å². The van der Waals surface area contributed by atoms with Gasteiger partial charge in [-0.05, 0) is 44.3 Å². The molecule has 3 heteroatoms. The van der Waals surface area contributed by atoms with Crippen LogP contribution in [0.25, 0.3) is 0 Å². The molecule has 22 heavy (non-hydrogen) atoms. The predicted molar refractivity (Wildman–Crippen MR) is 98.1 cm³/mol. The number of methoxy groups -OCH3 is 1. The second-order valence-corrected chi connectivity index (χ2v) is 5.14. The van der Waals surface area contributed by atoms with Gasteiger partial charge in [0.2, 0.25) is 5.88 Å². The van der Waals surface area contributed by atoms with Gasteiger partial charge in [0.25, 0.3) is 0 Å². The summed E-state index contributed by atoms with van der Waals surface area (Å²) < 4.78 is 5.31. The molecule has 0 aliphatic rings. The van der Waals surface area contributed by atoms with Gasteiger partial charge < -0.3 is 9.64 Å². The fourth-order valence-corrected chi connectivity index (χ4v) is 2.02. The summed E-state index contributed by atoms with van der Waals surface area (Å²) in [6.45, 7) is 17.9. The molecule has 3 nitrogen and oxygen atoms in total.